The molecule has 0 unspecified atom stereocenters. The Hall–Kier alpha value is -4.12. The number of aliphatic imine (C=N–C) groups is 1. The Balaban J connectivity index is 1.57. The van der Waals surface area contributed by atoms with E-state index in [0.29, 0.717) is 27.9 Å². The molecule has 2 amide bonds. The zero-order valence-electron chi connectivity index (χ0n) is 20.3. The monoisotopic (exact) mass is 508 g/mol. The quantitative estimate of drug-likeness (QED) is 0.365. The van der Waals surface area contributed by atoms with Crippen molar-refractivity contribution in [1.29, 1.82) is 0 Å². The number of benzene rings is 2. The molecule has 0 radical (unpaired) electrons. The van der Waals surface area contributed by atoms with Crippen LogP contribution in [0.4, 0.5) is 11.6 Å². The normalized spacial score (nSPS) is 14.4. The third kappa shape index (κ3) is 5.57. The number of thioether (sulfide) groups is 1. The summed E-state index contributed by atoms with van der Waals surface area (Å²) in [6.07, 6.45) is 3.27. The molecule has 11 heteroatoms. The number of amidine groups is 1. The van der Waals surface area contributed by atoms with Crippen molar-refractivity contribution < 1.29 is 28.3 Å². The third-order valence-electron chi connectivity index (χ3n) is 5.18. The second kappa shape index (κ2) is 11.1. The van der Waals surface area contributed by atoms with E-state index in [9.17, 15) is 9.59 Å². The number of hydrogen-bond donors (Lipinski definition) is 1. The SMILES string of the molecule is COc1ccc(/C=C2/N=C(SCC(=O)Nc3c[n+](C(C)C)no3)N(c3ccccc3)C2=O)c(OC)c1. The number of carbonyl (C=O) groups is 2. The molecule has 186 valence electrons. The van der Waals surface area contributed by atoms with Crippen LogP contribution in [0.25, 0.3) is 6.08 Å². The van der Waals surface area contributed by atoms with Crippen LogP contribution in [0.5, 0.6) is 11.5 Å². The van der Waals surface area contributed by atoms with Gasteiger partial charge in [-0.15, -0.1) is 0 Å². The van der Waals surface area contributed by atoms with Gasteiger partial charge in [0, 0.05) is 11.6 Å². The molecule has 0 atom stereocenters. The first kappa shape index (κ1) is 25.0. The fraction of sp³-hybridized carbons (Fsp3) is 0.240. The summed E-state index contributed by atoms with van der Waals surface area (Å²) < 4.78 is 17.4. The number of amides is 2. The average Bonchev–Trinajstić information content (AvgIpc) is 3.48. The van der Waals surface area contributed by atoms with Crippen molar-refractivity contribution in [3.8, 4) is 11.5 Å². The lowest BCUT2D eigenvalue weighted by Crippen LogP contribution is -2.37. The number of para-hydroxylation sites is 1. The summed E-state index contributed by atoms with van der Waals surface area (Å²) in [6.45, 7) is 3.90. The van der Waals surface area contributed by atoms with E-state index in [2.05, 4.69) is 15.6 Å². The molecule has 1 aromatic heterocycles. The van der Waals surface area contributed by atoms with Crippen LogP contribution >= 0.6 is 11.8 Å². The first-order chi connectivity index (χ1) is 17.4. The molecule has 0 spiro atoms. The summed E-state index contributed by atoms with van der Waals surface area (Å²) >= 11 is 1.14. The molecular formula is C25H26N5O5S+. The largest absolute Gasteiger partial charge is 0.497 e. The lowest BCUT2D eigenvalue weighted by molar-refractivity contribution is -0.779. The molecule has 3 aromatic rings. The van der Waals surface area contributed by atoms with Crippen molar-refractivity contribution in [1.82, 2.24) is 5.27 Å². The summed E-state index contributed by atoms with van der Waals surface area (Å²) in [6, 6.07) is 14.5. The minimum Gasteiger partial charge on any atom is -0.497 e. The van der Waals surface area contributed by atoms with Crippen LogP contribution in [0, 0.1) is 0 Å². The highest BCUT2D eigenvalue weighted by atomic mass is 32.2. The van der Waals surface area contributed by atoms with Gasteiger partial charge >= 0.3 is 5.88 Å². The van der Waals surface area contributed by atoms with E-state index in [4.69, 9.17) is 14.0 Å². The fourth-order valence-corrected chi connectivity index (χ4v) is 4.16. The van der Waals surface area contributed by atoms with Crippen molar-refractivity contribution in [2.24, 2.45) is 4.99 Å². The first-order valence-electron chi connectivity index (χ1n) is 11.1. The van der Waals surface area contributed by atoms with Gasteiger partial charge in [-0.3, -0.25) is 24.3 Å². The number of nitrogens with one attached hydrogen (secondary N) is 1. The van der Waals surface area contributed by atoms with Gasteiger partial charge in [-0.25, -0.2) is 4.99 Å². The molecule has 0 aliphatic carbocycles. The smallest absolute Gasteiger partial charge is 0.302 e. The molecule has 4 rings (SSSR count). The van der Waals surface area contributed by atoms with Gasteiger partial charge in [0.2, 0.25) is 11.2 Å². The summed E-state index contributed by atoms with van der Waals surface area (Å²) in [5.74, 6) is 0.804. The fourth-order valence-electron chi connectivity index (χ4n) is 3.34. The third-order valence-corrected chi connectivity index (χ3v) is 6.12. The Morgan fingerprint density at radius 3 is 2.64 bits per heavy atom. The molecule has 2 aromatic carbocycles. The number of carbonyl (C=O) groups excluding carboxylic acids is 2. The Labute approximate surface area is 212 Å². The summed E-state index contributed by atoms with van der Waals surface area (Å²) in [5.41, 5.74) is 1.54. The summed E-state index contributed by atoms with van der Waals surface area (Å²) in [5, 5.41) is 6.92. The maximum atomic E-state index is 13.4. The van der Waals surface area contributed by atoms with Gasteiger partial charge in [-0.05, 0) is 48.9 Å². The molecule has 36 heavy (non-hydrogen) atoms. The van der Waals surface area contributed by atoms with Crippen LogP contribution in [0.1, 0.15) is 25.5 Å². The predicted octanol–water partition coefficient (Wildman–Crippen LogP) is 3.68. The van der Waals surface area contributed by atoms with E-state index in [-0.39, 0.29) is 35.2 Å². The Bertz CT molecular complexity index is 1320. The molecule has 0 saturated carbocycles. The number of hydrogen-bond acceptors (Lipinski definition) is 8. The molecule has 2 heterocycles. The maximum absolute atomic E-state index is 13.4. The second-order valence-corrected chi connectivity index (χ2v) is 8.93. The number of ether oxygens (including phenoxy) is 2. The van der Waals surface area contributed by atoms with E-state index in [1.807, 2.05) is 44.2 Å². The minimum absolute atomic E-state index is 0.0109. The van der Waals surface area contributed by atoms with Crippen LogP contribution in [0.3, 0.4) is 0 Å². The van der Waals surface area contributed by atoms with Crippen molar-refractivity contribution in [3.63, 3.8) is 0 Å². The average molecular weight is 509 g/mol. The molecule has 1 aliphatic heterocycles. The topological polar surface area (TPSA) is 110 Å². The zero-order valence-corrected chi connectivity index (χ0v) is 21.1. The Kier molecular flexibility index (Phi) is 7.69. The van der Waals surface area contributed by atoms with Crippen LogP contribution < -0.4 is 24.4 Å². The van der Waals surface area contributed by atoms with Gasteiger partial charge in [-0.2, -0.15) is 0 Å². The van der Waals surface area contributed by atoms with Crippen LogP contribution in [0.2, 0.25) is 0 Å². The lowest BCUT2D eigenvalue weighted by Gasteiger charge is -2.17. The Morgan fingerprint density at radius 2 is 1.97 bits per heavy atom. The summed E-state index contributed by atoms with van der Waals surface area (Å²) in [4.78, 5) is 32.0. The van der Waals surface area contributed by atoms with Crippen molar-refractivity contribution >= 4 is 46.4 Å². The molecular weight excluding hydrogens is 482 g/mol. The molecule has 1 N–H and O–H groups in total. The van der Waals surface area contributed by atoms with Gasteiger partial charge in [0.15, 0.2) is 11.2 Å². The summed E-state index contributed by atoms with van der Waals surface area (Å²) in [7, 11) is 3.11. The predicted molar refractivity (Wildman–Crippen MR) is 137 cm³/mol. The van der Waals surface area contributed by atoms with Crippen molar-refractivity contribution in [2.45, 2.75) is 19.9 Å². The van der Waals surface area contributed by atoms with E-state index in [1.54, 1.807) is 49.4 Å². The lowest BCUT2D eigenvalue weighted by atomic mass is 10.1. The van der Waals surface area contributed by atoms with Gasteiger partial charge in [0.05, 0.1) is 25.7 Å². The standard InChI is InChI=1S/C25H25N5O5S/c1-16(2)29-14-23(35-28-29)27-22(31)15-36-25-26-20(24(32)30(25)18-8-6-5-7-9-18)12-17-10-11-19(33-3)13-21(17)34-4/h5-14,16H,15H2,1-4H3/p+1/b20-12+. The van der Waals surface area contributed by atoms with Gasteiger partial charge < -0.3 is 9.47 Å². The molecule has 0 saturated heterocycles. The van der Waals surface area contributed by atoms with Crippen molar-refractivity contribution in [2.75, 3.05) is 30.2 Å². The minimum atomic E-state index is -0.315. The van der Waals surface area contributed by atoms with E-state index < -0.39 is 0 Å². The number of methoxy groups -OCH3 is 2. The molecule has 0 bridgehead atoms. The zero-order chi connectivity index (χ0) is 25.7. The van der Waals surface area contributed by atoms with E-state index in [0.717, 1.165) is 11.8 Å². The maximum Gasteiger partial charge on any atom is 0.302 e. The number of nitrogens with zero attached hydrogens (tertiary/aromatic N) is 4. The van der Waals surface area contributed by atoms with Gasteiger partial charge in [0.25, 0.3) is 12.1 Å². The van der Waals surface area contributed by atoms with Crippen molar-refractivity contribution in [3.05, 3.63) is 66.0 Å². The van der Waals surface area contributed by atoms with Gasteiger partial charge in [0.1, 0.15) is 17.2 Å². The first-order valence-corrected chi connectivity index (χ1v) is 12.1. The second-order valence-electron chi connectivity index (χ2n) is 7.98. The van der Waals surface area contributed by atoms with E-state index >= 15 is 0 Å². The molecule has 1 aliphatic rings. The van der Waals surface area contributed by atoms with Crippen LogP contribution in [0.15, 0.2) is 69.9 Å². The highest BCUT2D eigenvalue weighted by molar-refractivity contribution is 8.14. The molecule has 10 nitrogen and oxygen atoms in total. The van der Waals surface area contributed by atoms with Crippen LogP contribution in [-0.2, 0) is 9.59 Å². The highest BCUT2D eigenvalue weighted by Crippen LogP contribution is 2.32. The number of aromatic nitrogens is 2. The van der Waals surface area contributed by atoms with E-state index in [1.165, 1.54) is 4.90 Å². The van der Waals surface area contributed by atoms with Gasteiger partial charge in [-0.1, -0.05) is 30.0 Å². The Morgan fingerprint density at radius 1 is 1.19 bits per heavy atom. The number of anilines is 2. The number of rotatable bonds is 8. The highest BCUT2D eigenvalue weighted by Gasteiger charge is 2.32. The molecule has 0 fully saturated rings. The van der Waals surface area contributed by atoms with Crippen LogP contribution in [-0.4, -0.2) is 42.2 Å².